The van der Waals surface area contributed by atoms with Gasteiger partial charge in [-0.3, -0.25) is 4.98 Å². The van der Waals surface area contributed by atoms with Gasteiger partial charge in [0.2, 0.25) is 0 Å². The smallest absolute Gasteiger partial charge is 0.128 e. The number of methoxy groups -OCH3 is 1. The second-order valence-electron chi connectivity index (χ2n) is 6.24. The zero-order valence-electron chi connectivity index (χ0n) is 13.8. The Labute approximate surface area is 128 Å². The van der Waals surface area contributed by atoms with Crippen LogP contribution >= 0.6 is 0 Å². The number of rotatable bonds is 4. The molecule has 0 aromatic carbocycles. The monoisotopic (exact) mass is 292 g/mol. The van der Waals surface area contributed by atoms with E-state index < -0.39 is 5.60 Å². The lowest BCUT2D eigenvalue weighted by Gasteiger charge is -2.27. The third-order valence-electron chi connectivity index (χ3n) is 4.70. The first-order valence-electron chi connectivity index (χ1n) is 7.93. The van der Waals surface area contributed by atoms with Crippen molar-refractivity contribution in [2.75, 3.05) is 26.7 Å². The van der Waals surface area contributed by atoms with Crippen molar-refractivity contribution in [2.24, 2.45) is 0 Å². The summed E-state index contributed by atoms with van der Waals surface area (Å²) in [6, 6.07) is 0. The highest BCUT2D eigenvalue weighted by atomic mass is 16.5. The third-order valence-corrected chi connectivity index (χ3v) is 4.70. The summed E-state index contributed by atoms with van der Waals surface area (Å²) in [5.74, 6) is 0.896. The standard InChI is InChI=1S/C17H28N2O2/c1-5-19-9-6-7-17(20,8-10-19)11-15-14(3)16(21-4)13(2)12-18-15/h12,20H,5-11H2,1-4H3. The van der Waals surface area contributed by atoms with E-state index in [0.29, 0.717) is 6.42 Å². The van der Waals surface area contributed by atoms with Gasteiger partial charge in [-0.1, -0.05) is 6.92 Å². The second-order valence-corrected chi connectivity index (χ2v) is 6.24. The summed E-state index contributed by atoms with van der Waals surface area (Å²) in [7, 11) is 1.69. The molecule has 2 heterocycles. The van der Waals surface area contributed by atoms with Gasteiger partial charge in [-0.05, 0) is 46.2 Å². The minimum Gasteiger partial charge on any atom is -0.496 e. The SMILES string of the molecule is CCN1CCCC(O)(Cc2ncc(C)c(OC)c2C)CC1. The van der Waals surface area contributed by atoms with Crippen LogP contribution in [-0.2, 0) is 6.42 Å². The van der Waals surface area contributed by atoms with Crippen LogP contribution in [0.25, 0.3) is 0 Å². The molecule has 0 amide bonds. The second kappa shape index (κ2) is 6.75. The lowest BCUT2D eigenvalue weighted by molar-refractivity contribution is 0.0247. The first-order chi connectivity index (χ1) is 9.99. The van der Waals surface area contributed by atoms with Crippen molar-refractivity contribution >= 4 is 0 Å². The maximum absolute atomic E-state index is 11.0. The van der Waals surface area contributed by atoms with Gasteiger partial charge in [0.1, 0.15) is 5.75 Å². The molecule has 1 unspecified atom stereocenters. The van der Waals surface area contributed by atoms with E-state index in [1.807, 2.05) is 20.0 Å². The van der Waals surface area contributed by atoms with Gasteiger partial charge in [0, 0.05) is 36.0 Å². The van der Waals surface area contributed by atoms with Crippen LogP contribution in [0.2, 0.25) is 0 Å². The van der Waals surface area contributed by atoms with E-state index in [1.165, 1.54) is 0 Å². The molecule has 118 valence electrons. The van der Waals surface area contributed by atoms with Crippen molar-refractivity contribution in [1.29, 1.82) is 0 Å². The molecular weight excluding hydrogens is 264 g/mol. The number of aromatic nitrogens is 1. The normalized spacial score (nSPS) is 23.9. The number of ether oxygens (including phenoxy) is 1. The largest absolute Gasteiger partial charge is 0.496 e. The molecule has 0 radical (unpaired) electrons. The van der Waals surface area contributed by atoms with Crippen LogP contribution in [0.15, 0.2) is 6.20 Å². The predicted octanol–water partition coefficient (Wildman–Crippen LogP) is 2.49. The zero-order chi connectivity index (χ0) is 15.5. The van der Waals surface area contributed by atoms with Crippen LogP contribution in [0.1, 0.15) is 43.0 Å². The first-order valence-corrected chi connectivity index (χ1v) is 7.93. The summed E-state index contributed by atoms with van der Waals surface area (Å²) in [4.78, 5) is 6.95. The summed E-state index contributed by atoms with van der Waals surface area (Å²) in [6.07, 6.45) is 5.18. The van der Waals surface area contributed by atoms with Crippen LogP contribution < -0.4 is 4.74 Å². The Bertz CT molecular complexity index is 490. The summed E-state index contributed by atoms with van der Waals surface area (Å²) in [5.41, 5.74) is 2.43. The highest BCUT2D eigenvalue weighted by Crippen LogP contribution is 2.30. The Kier molecular flexibility index (Phi) is 5.22. The fourth-order valence-electron chi connectivity index (χ4n) is 3.29. The molecule has 1 aromatic heterocycles. The van der Waals surface area contributed by atoms with Gasteiger partial charge in [0.25, 0.3) is 0 Å². The third kappa shape index (κ3) is 3.74. The summed E-state index contributed by atoms with van der Waals surface area (Å²) in [6.45, 7) is 9.33. The van der Waals surface area contributed by atoms with Crippen molar-refractivity contribution in [1.82, 2.24) is 9.88 Å². The molecule has 1 aliphatic rings. The van der Waals surface area contributed by atoms with Crippen LogP contribution in [0, 0.1) is 13.8 Å². The Morgan fingerprint density at radius 1 is 1.33 bits per heavy atom. The van der Waals surface area contributed by atoms with E-state index in [0.717, 1.165) is 61.5 Å². The predicted molar refractivity (Wildman–Crippen MR) is 84.9 cm³/mol. The molecule has 1 N–H and O–H groups in total. The number of aryl methyl sites for hydroxylation is 1. The molecule has 1 aliphatic heterocycles. The van der Waals surface area contributed by atoms with Gasteiger partial charge < -0.3 is 14.7 Å². The number of likely N-dealkylation sites (tertiary alicyclic amines) is 1. The van der Waals surface area contributed by atoms with E-state index in [-0.39, 0.29) is 0 Å². The molecule has 0 spiro atoms. The maximum atomic E-state index is 11.0. The van der Waals surface area contributed by atoms with Gasteiger partial charge in [0.15, 0.2) is 0 Å². The molecule has 4 nitrogen and oxygen atoms in total. The molecule has 0 aliphatic carbocycles. The maximum Gasteiger partial charge on any atom is 0.128 e. The quantitative estimate of drug-likeness (QED) is 0.926. The molecule has 1 atom stereocenters. The van der Waals surface area contributed by atoms with Crippen LogP contribution in [0.4, 0.5) is 0 Å². The van der Waals surface area contributed by atoms with E-state index in [1.54, 1.807) is 7.11 Å². The molecular formula is C17H28N2O2. The molecule has 1 fully saturated rings. The molecule has 21 heavy (non-hydrogen) atoms. The number of aliphatic hydroxyl groups is 1. The number of hydrogen-bond acceptors (Lipinski definition) is 4. The summed E-state index contributed by atoms with van der Waals surface area (Å²) >= 11 is 0. The fourth-order valence-corrected chi connectivity index (χ4v) is 3.29. The number of nitrogens with zero attached hydrogens (tertiary/aromatic N) is 2. The Balaban J connectivity index is 2.17. The van der Waals surface area contributed by atoms with Gasteiger partial charge in [-0.15, -0.1) is 0 Å². The summed E-state index contributed by atoms with van der Waals surface area (Å²) in [5, 5.41) is 11.0. The average molecular weight is 292 g/mol. The Morgan fingerprint density at radius 2 is 2.10 bits per heavy atom. The highest BCUT2D eigenvalue weighted by molar-refractivity contribution is 5.41. The molecule has 1 saturated heterocycles. The zero-order valence-corrected chi connectivity index (χ0v) is 13.8. The Hall–Kier alpha value is -1.13. The van der Waals surface area contributed by atoms with Crippen LogP contribution in [-0.4, -0.2) is 47.3 Å². The topological polar surface area (TPSA) is 45.6 Å². The van der Waals surface area contributed by atoms with E-state index in [4.69, 9.17) is 4.74 Å². The van der Waals surface area contributed by atoms with Gasteiger partial charge >= 0.3 is 0 Å². The fraction of sp³-hybridized carbons (Fsp3) is 0.706. The molecule has 2 rings (SSSR count). The lowest BCUT2D eigenvalue weighted by Crippen LogP contribution is -2.34. The molecule has 0 bridgehead atoms. The van der Waals surface area contributed by atoms with Gasteiger partial charge in [0.05, 0.1) is 12.7 Å². The van der Waals surface area contributed by atoms with Crippen molar-refractivity contribution in [3.05, 3.63) is 23.0 Å². The van der Waals surface area contributed by atoms with Crippen molar-refractivity contribution in [3.8, 4) is 5.75 Å². The minimum absolute atomic E-state index is 0.618. The average Bonchev–Trinajstić information content (AvgIpc) is 2.65. The van der Waals surface area contributed by atoms with Crippen molar-refractivity contribution in [2.45, 2.75) is 52.1 Å². The minimum atomic E-state index is -0.637. The first kappa shape index (κ1) is 16.2. The van der Waals surface area contributed by atoms with Gasteiger partial charge in [-0.2, -0.15) is 0 Å². The molecule has 0 saturated carbocycles. The molecule has 1 aromatic rings. The van der Waals surface area contributed by atoms with E-state index >= 15 is 0 Å². The van der Waals surface area contributed by atoms with Crippen molar-refractivity contribution < 1.29 is 9.84 Å². The number of hydrogen-bond donors (Lipinski definition) is 1. The van der Waals surface area contributed by atoms with Gasteiger partial charge in [-0.25, -0.2) is 0 Å². The Morgan fingerprint density at radius 3 is 2.76 bits per heavy atom. The van der Waals surface area contributed by atoms with E-state index in [9.17, 15) is 5.11 Å². The summed E-state index contributed by atoms with van der Waals surface area (Å²) < 4.78 is 5.47. The van der Waals surface area contributed by atoms with Crippen LogP contribution in [0.5, 0.6) is 5.75 Å². The van der Waals surface area contributed by atoms with Crippen LogP contribution in [0.3, 0.4) is 0 Å². The van der Waals surface area contributed by atoms with Crippen molar-refractivity contribution in [3.63, 3.8) is 0 Å². The number of pyridine rings is 1. The van der Waals surface area contributed by atoms with E-state index in [2.05, 4.69) is 16.8 Å². The highest BCUT2D eigenvalue weighted by Gasteiger charge is 2.31. The molecule has 4 heteroatoms. The lowest BCUT2D eigenvalue weighted by atomic mass is 9.88.